The van der Waals surface area contributed by atoms with Crippen LogP contribution in [0.3, 0.4) is 0 Å². The van der Waals surface area contributed by atoms with E-state index >= 15 is 0 Å². The summed E-state index contributed by atoms with van der Waals surface area (Å²) in [6.07, 6.45) is 2.87. The van der Waals surface area contributed by atoms with Crippen molar-refractivity contribution in [3.05, 3.63) is 35.9 Å². The molecule has 3 heteroatoms. The highest BCUT2D eigenvalue weighted by Crippen LogP contribution is 2.30. The van der Waals surface area contributed by atoms with E-state index in [2.05, 4.69) is 24.3 Å². The molecule has 1 heterocycles. The van der Waals surface area contributed by atoms with Crippen molar-refractivity contribution in [1.82, 2.24) is 0 Å². The zero-order valence-corrected chi connectivity index (χ0v) is 10.3. The summed E-state index contributed by atoms with van der Waals surface area (Å²) in [7, 11) is 0. The maximum Gasteiger partial charge on any atom is 0.0666 e. The number of hydrogen-bond donors (Lipinski definition) is 1. The highest BCUT2D eigenvalue weighted by molar-refractivity contribution is 7.99. The molecule has 1 aromatic rings. The van der Waals surface area contributed by atoms with Crippen LogP contribution in [0.25, 0.3) is 0 Å². The van der Waals surface area contributed by atoms with E-state index in [1.165, 1.54) is 18.4 Å². The van der Waals surface area contributed by atoms with E-state index in [-0.39, 0.29) is 0 Å². The van der Waals surface area contributed by atoms with E-state index < -0.39 is 0 Å². The van der Waals surface area contributed by atoms with E-state index in [9.17, 15) is 0 Å². The molecule has 0 spiro atoms. The topological polar surface area (TPSA) is 35.2 Å². The number of ether oxygens (including phenoxy) is 1. The molecule has 0 saturated carbocycles. The first-order chi connectivity index (χ1) is 7.90. The molecule has 0 radical (unpaired) electrons. The van der Waals surface area contributed by atoms with Crippen LogP contribution in [0.15, 0.2) is 30.3 Å². The molecule has 0 aromatic heterocycles. The fourth-order valence-electron chi connectivity index (χ4n) is 1.97. The van der Waals surface area contributed by atoms with Crippen molar-refractivity contribution in [1.29, 1.82) is 0 Å². The fraction of sp³-hybridized carbons (Fsp3) is 0.538. The second kappa shape index (κ2) is 6.28. The Hall–Kier alpha value is -0.510. The molecule has 1 aliphatic heterocycles. The van der Waals surface area contributed by atoms with Crippen LogP contribution < -0.4 is 5.73 Å². The maximum absolute atomic E-state index is 5.83. The second-order valence-corrected chi connectivity index (χ2v) is 5.34. The summed E-state index contributed by atoms with van der Waals surface area (Å²) >= 11 is 1.92. The molecule has 0 aliphatic carbocycles. The Morgan fingerprint density at radius 3 is 2.81 bits per heavy atom. The lowest BCUT2D eigenvalue weighted by atomic mass is 10.1. The number of thioether (sulfide) groups is 1. The predicted octanol–water partition coefficient (Wildman–Crippen LogP) is 2.60. The molecule has 2 unspecified atom stereocenters. The third-order valence-electron chi connectivity index (χ3n) is 2.89. The Bertz CT molecular complexity index is 298. The molecular formula is C13H19NOS. The van der Waals surface area contributed by atoms with E-state index in [0.717, 1.165) is 12.4 Å². The van der Waals surface area contributed by atoms with E-state index in [1.54, 1.807) is 0 Å². The summed E-state index contributed by atoms with van der Waals surface area (Å²) < 4.78 is 5.62. The average molecular weight is 237 g/mol. The number of hydrogen-bond acceptors (Lipinski definition) is 3. The van der Waals surface area contributed by atoms with Gasteiger partial charge in [0.25, 0.3) is 0 Å². The number of rotatable bonds is 5. The summed E-state index contributed by atoms with van der Waals surface area (Å²) in [4.78, 5) is 0. The highest BCUT2D eigenvalue weighted by atomic mass is 32.2. The SMILES string of the molecule is NCC(SCC1CCCO1)c1ccccc1. The van der Waals surface area contributed by atoms with Gasteiger partial charge in [-0.05, 0) is 18.4 Å². The molecule has 0 bridgehead atoms. The van der Waals surface area contributed by atoms with Crippen molar-refractivity contribution in [2.75, 3.05) is 18.9 Å². The van der Waals surface area contributed by atoms with Crippen molar-refractivity contribution >= 4 is 11.8 Å². The van der Waals surface area contributed by atoms with Crippen LogP contribution in [0.1, 0.15) is 23.7 Å². The Balaban J connectivity index is 1.85. The van der Waals surface area contributed by atoms with Gasteiger partial charge in [-0.25, -0.2) is 0 Å². The van der Waals surface area contributed by atoms with Crippen LogP contribution in [0.2, 0.25) is 0 Å². The lowest BCUT2D eigenvalue weighted by Gasteiger charge is -2.17. The zero-order chi connectivity index (χ0) is 11.2. The largest absolute Gasteiger partial charge is 0.377 e. The minimum atomic E-state index is 0.408. The first-order valence-electron chi connectivity index (χ1n) is 5.88. The minimum absolute atomic E-state index is 0.408. The Kier molecular flexibility index (Phi) is 4.69. The first-order valence-corrected chi connectivity index (χ1v) is 6.93. The van der Waals surface area contributed by atoms with Crippen molar-refractivity contribution in [2.45, 2.75) is 24.2 Å². The van der Waals surface area contributed by atoms with Crippen LogP contribution in [0.5, 0.6) is 0 Å². The third kappa shape index (κ3) is 3.24. The summed E-state index contributed by atoms with van der Waals surface area (Å²) in [5, 5.41) is 0.408. The van der Waals surface area contributed by atoms with Gasteiger partial charge in [0.2, 0.25) is 0 Å². The van der Waals surface area contributed by atoms with Crippen molar-refractivity contribution in [2.24, 2.45) is 5.73 Å². The molecule has 2 rings (SSSR count). The van der Waals surface area contributed by atoms with Crippen LogP contribution in [-0.4, -0.2) is 25.0 Å². The van der Waals surface area contributed by atoms with Gasteiger partial charge in [0.15, 0.2) is 0 Å². The van der Waals surface area contributed by atoms with Gasteiger partial charge in [-0.1, -0.05) is 30.3 Å². The fourth-order valence-corrected chi connectivity index (χ4v) is 3.16. The molecule has 2 atom stereocenters. The first kappa shape index (κ1) is 12.0. The molecular weight excluding hydrogens is 218 g/mol. The van der Waals surface area contributed by atoms with Gasteiger partial charge in [0.1, 0.15) is 0 Å². The average Bonchev–Trinajstić information content (AvgIpc) is 2.84. The smallest absolute Gasteiger partial charge is 0.0666 e. The van der Waals surface area contributed by atoms with Gasteiger partial charge < -0.3 is 10.5 Å². The highest BCUT2D eigenvalue weighted by Gasteiger charge is 2.18. The quantitative estimate of drug-likeness (QED) is 0.855. The summed E-state index contributed by atoms with van der Waals surface area (Å²) in [5.41, 5.74) is 7.15. The lowest BCUT2D eigenvalue weighted by Crippen LogP contribution is -2.14. The van der Waals surface area contributed by atoms with E-state index in [4.69, 9.17) is 10.5 Å². The van der Waals surface area contributed by atoms with Crippen molar-refractivity contribution in [3.63, 3.8) is 0 Å². The van der Waals surface area contributed by atoms with Gasteiger partial charge in [-0.2, -0.15) is 0 Å². The molecule has 2 nitrogen and oxygen atoms in total. The number of nitrogens with two attached hydrogens (primary N) is 1. The standard InChI is InChI=1S/C13H19NOS/c14-9-13(11-5-2-1-3-6-11)16-10-12-7-4-8-15-12/h1-3,5-6,12-13H,4,7-10,14H2. The van der Waals surface area contributed by atoms with E-state index in [1.807, 2.05) is 17.8 Å². The molecule has 16 heavy (non-hydrogen) atoms. The minimum Gasteiger partial charge on any atom is -0.377 e. The summed E-state index contributed by atoms with van der Waals surface area (Å²) in [5.74, 6) is 1.07. The van der Waals surface area contributed by atoms with Gasteiger partial charge in [0.05, 0.1) is 6.10 Å². The Labute approximate surface area is 102 Å². The van der Waals surface area contributed by atoms with Crippen molar-refractivity contribution < 1.29 is 4.74 Å². The van der Waals surface area contributed by atoms with Crippen LogP contribution in [0.4, 0.5) is 0 Å². The Morgan fingerprint density at radius 2 is 2.19 bits per heavy atom. The molecule has 1 fully saturated rings. The predicted molar refractivity (Wildman–Crippen MR) is 69.7 cm³/mol. The molecule has 1 saturated heterocycles. The second-order valence-electron chi connectivity index (χ2n) is 4.10. The zero-order valence-electron chi connectivity index (χ0n) is 9.47. The molecule has 1 aromatic carbocycles. The third-order valence-corrected chi connectivity index (χ3v) is 4.32. The molecule has 0 amide bonds. The van der Waals surface area contributed by atoms with Crippen molar-refractivity contribution in [3.8, 4) is 0 Å². The van der Waals surface area contributed by atoms with Crippen LogP contribution in [0, 0.1) is 0 Å². The molecule has 2 N–H and O–H groups in total. The summed E-state index contributed by atoms with van der Waals surface area (Å²) in [6.45, 7) is 1.63. The maximum atomic E-state index is 5.83. The van der Waals surface area contributed by atoms with Crippen LogP contribution in [-0.2, 0) is 4.74 Å². The van der Waals surface area contributed by atoms with Crippen LogP contribution >= 0.6 is 11.8 Å². The summed E-state index contributed by atoms with van der Waals surface area (Å²) in [6, 6.07) is 10.5. The van der Waals surface area contributed by atoms with Gasteiger partial charge in [-0.3, -0.25) is 0 Å². The normalized spacial score (nSPS) is 22.2. The monoisotopic (exact) mass is 237 g/mol. The number of benzene rings is 1. The Morgan fingerprint density at radius 1 is 1.38 bits per heavy atom. The molecule has 1 aliphatic rings. The van der Waals surface area contributed by atoms with Gasteiger partial charge >= 0.3 is 0 Å². The lowest BCUT2D eigenvalue weighted by molar-refractivity contribution is 0.129. The van der Waals surface area contributed by atoms with E-state index in [0.29, 0.717) is 17.9 Å². The van der Waals surface area contributed by atoms with Gasteiger partial charge in [-0.15, -0.1) is 11.8 Å². The molecule has 88 valence electrons. The van der Waals surface area contributed by atoms with Gasteiger partial charge in [0, 0.05) is 24.2 Å².